The van der Waals surface area contributed by atoms with E-state index in [1.54, 1.807) is 23.1 Å². The third kappa shape index (κ3) is 2.17. The average molecular weight is 297 g/mol. The average Bonchev–Trinajstić information content (AvgIpc) is 2.85. The van der Waals surface area contributed by atoms with Gasteiger partial charge < -0.3 is 0 Å². The van der Waals surface area contributed by atoms with Gasteiger partial charge in [0.1, 0.15) is 9.98 Å². The molecule has 0 saturated carbocycles. The van der Waals surface area contributed by atoms with E-state index in [-0.39, 0.29) is 0 Å². The van der Waals surface area contributed by atoms with E-state index in [0.29, 0.717) is 5.15 Å². The number of halogens is 1. The van der Waals surface area contributed by atoms with Gasteiger partial charge in [0.15, 0.2) is 5.16 Å². The van der Waals surface area contributed by atoms with Crippen LogP contribution in [0.4, 0.5) is 0 Å². The predicted octanol–water partition coefficient (Wildman–Crippen LogP) is 4.50. The Kier molecular flexibility index (Phi) is 3.34. The lowest BCUT2D eigenvalue weighted by atomic mass is 10.2. The van der Waals surface area contributed by atoms with Gasteiger partial charge in [0.05, 0.1) is 5.39 Å². The number of nitrogens with zero attached hydrogens (tertiary/aromatic N) is 2. The van der Waals surface area contributed by atoms with Crippen LogP contribution in [0.5, 0.6) is 0 Å². The lowest BCUT2D eigenvalue weighted by Crippen LogP contribution is -1.90. The number of fused-ring (bicyclic) bond motifs is 3. The molecular weight excluding hydrogens is 284 g/mol. The number of rotatable bonds is 3. The van der Waals surface area contributed by atoms with Gasteiger partial charge in [-0.2, -0.15) is 0 Å². The number of aryl methyl sites for hydroxylation is 2. The molecule has 0 amide bonds. The zero-order valence-corrected chi connectivity index (χ0v) is 12.5. The largest absolute Gasteiger partial charge is 0.211 e. The molecule has 2 heterocycles. The SMILES string of the molecule is C=C(C)CSc1nc(Cl)c2c3c(sc2n1)CCC3. The van der Waals surface area contributed by atoms with Crippen molar-refractivity contribution < 1.29 is 0 Å². The van der Waals surface area contributed by atoms with Crippen molar-refractivity contribution in [3.8, 4) is 0 Å². The molecule has 2 nitrogen and oxygen atoms in total. The third-order valence-electron chi connectivity index (χ3n) is 2.95. The minimum Gasteiger partial charge on any atom is -0.211 e. The summed E-state index contributed by atoms with van der Waals surface area (Å²) in [6.45, 7) is 5.90. The van der Waals surface area contributed by atoms with Crippen LogP contribution in [0.15, 0.2) is 17.3 Å². The molecule has 0 aliphatic heterocycles. The van der Waals surface area contributed by atoms with Crippen molar-refractivity contribution in [2.75, 3.05) is 5.75 Å². The first-order valence-corrected chi connectivity index (χ1v) is 8.08. The monoisotopic (exact) mass is 296 g/mol. The summed E-state index contributed by atoms with van der Waals surface area (Å²) in [5, 5.41) is 2.47. The molecule has 2 aromatic rings. The van der Waals surface area contributed by atoms with Crippen LogP contribution in [-0.4, -0.2) is 15.7 Å². The summed E-state index contributed by atoms with van der Waals surface area (Å²) in [4.78, 5) is 11.5. The normalized spacial score (nSPS) is 14.1. The molecule has 1 aliphatic carbocycles. The molecule has 2 aromatic heterocycles. The van der Waals surface area contributed by atoms with Gasteiger partial charge in [-0.25, -0.2) is 9.97 Å². The van der Waals surface area contributed by atoms with Crippen LogP contribution in [0.25, 0.3) is 10.2 Å². The maximum Gasteiger partial charge on any atom is 0.190 e. The summed E-state index contributed by atoms with van der Waals surface area (Å²) < 4.78 is 0. The van der Waals surface area contributed by atoms with Gasteiger partial charge in [-0.1, -0.05) is 35.5 Å². The molecule has 3 rings (SSSR count). The molecule has 0 unspecified atom stereocenters. The first kappa shape index (κ1) is 12.5. The molecular formula is C13H13ClN2S2. The van der Waals surface area contributed by atoms with Crippen molar-refractivity contribution in [2.24, 2.45) is 0 Å². The first-order chi connectivity index (χ1) is 8.65. The molecule has 0 bridgehead atoms. The number of aromatic nitrogens is 2. The van der Waals surface area contributed by atoms with Crippen LogP contribution in [-0.2, 0) is 12.8 Å². The predicted molar refractivity (Wildman–Crippen MR) is 80.0 cm³/mol. The molecule has 1 aliphatic rings. The highest BCUT2D eigenvalue weighted by Crippen LogP contribution is 2.40. The lowest BCUT2D eigenvalue weighted by molar-refractivity contribution is 0.915. The van der Waals surface area contributed by atoms with E-state index >= 15 is 0 Å². The van der Waals surface area contributed by atoms with Crippen molar-refractivity contribution in [1.29, 1.82) is 0 Å². The van der Waals surface area contributed by atoms with E-state index in [4.69, 9.17) is 11.6 Å². The minimum absolute atomic E-state index is 0.614. The van der Waals surface area contributed by atoms with Crippen LogP contribution in [0.1, 0.15) is 23.8 Å². The molecule has 5 heteroatoms. The quantitative estimate of drug-likeness (QED) is 0.361. The molecule has 94 valence electrons. The highest BCUT2D eigenvalue weighted by atomic mass is 35.5. The van der Waals surface area contributed by atoms with Gasteiger partial charge >= 0.3 is 0 Å². The molecule has 0 N–H and O–H groups in total. The van der Waals surface area contributed by atoms with E-state index in [1.165, 1.54) is 23.3 Å². The zero-order chi connectivity index (χ0) is 12.7. The van der Waals surface area contributed by atoms with E-state index in [9.17, 15) is 0 Å². The fraction of sp³-hybridized carbons (Fsp3) is 0.385. The molecule has 0 aromatic carbocycles. The highest BCUT2D eigenvalue weighted by Gasteiger charge is 2.21. The fourth-order valence-electron chi connectivity index (χ4n) is 2.19. The Hall–Kier alpha value is -0.580. The summed E-state index contributed by atoms with van der Waals surface area (Å²) in [6.07, 6.45) is 3.52. The van der Waals surface area contributed by atoms with Gasteiger partial charge in [0, 0.05) is 10.6 Å². The Morgan fingerprint density at radius 1 is 1.44 bits per heavy atom. The van der Waals surface area contributed by atoms with Crippen LogP contribution < -0.4 is 0 Å². The lowest BCUT2D eigenvalue weighted by Gasteiger charge is -2.02. The van der Waals surface area contributed by atoms with Crippen molar-refractivity contribution >= 4 is 44.9 Å². The van der Waals surface area contributed by atoms with Crippen molar-refractivity contribution in [3.05, 3.63) is 27.7 Å². The van der Waals surface area contributed by atoms with Gasteiger partial charge in [-0.15, -0.1) is 11.3 Å². The van der Waals surface area contributed by atoms with Gasteiger partial charge in [-0.3, -0.25) is 0 Å². The summed E-state index contributed by atoms with van der Waals surface area (Å²) in [5.74, 6) is 0.840. The second-order valence-electron chi connectivity index (χ2n) is 4.58. The number of hydrogen-bond donors (Lipinski definition) is 0. The van der Waals surface area contributed by atoms with Gasteiger partial charge in [-0.05, 0) is 31.7 Å². The summed E-state index contributed by atoms with van der Waals surface area (Å²) in [7, 11) is 0. The minimum atomic E-state index is 0.614. The van der Waals surface area contributed by atoms with E-state index in [1.807, 2.05) is 6.92 Å². The standard InChI is InChI=1S/C13H13ClN2S2/c1-7(2)6-17-13-15-11(14)10-8-4-3-5-9(8)18-12(10)16-13/h1,3-6H2,2H3. The van der Waals surface area contributed by atoms with Crippen LogP contribution in [0.3, 0.4) is 0 Å². The van der Waals surface area contributed by atoms with Crippen molar-refractivity contribution in [3.63, 3.8) is 0 Å². The second kappa shape index (κ2) is 4.83. The summed E-state index contributed by atoms with van der Waals surface area (Å²) in [5.41, 5.74) is 2.50. The van der Waals surface area contributed by atoms with Gasteiger partial charge in [0.25, 0.3) is 0 Å². The maximum absolute atomic E-state index is 6.32. The summed E-state index contributed by atoms with van der Waals surface area (Å²) >= 11 is 9.70. The fourth-order valence-corrected chi connectivity index (χ4v) is 4.58. The third-order valence-corrected chi connectivity index (χ3v) is 5.48. The molecule has 0 spiro atoms. The Balaban J connectivity index is 2.03. The topological polar surface area (TPSA) is 25.8 Å². The van der Waals surface area contributed by atoms with Crippen LogP contribution >= 0.6 is 34.7 Å². The Morgan fingerprint density at radius 2 is 2.28 bits per heavy atom. The maximum atomic E-state index is 6.32. The molecule has 0 radical (unpaired) electrons. The summed E-state index contributed by atoms with van der Waals surface area (Å²) in [6, 6.07) is 0. The smallest absolute Gasteiger partial charge is 0.190 e. The Bertz CT molecular complexity index is 633. The Morgan fingerprint density at radius 3 is 3.06 bits per heavy atom. The van der Waals surface area contributed by atoms with E-state index in [0.717, 1.165) is 33.1 Å². The van der Waals surface area contributed by atoms with E-state index < -0.39 is 0 Å². The second-order valence-corrected chi connectivity index (χ2v) is 6.96. The number of thioether (sulfide) groups is 1. The van der Waals surface area contributed by atoms with Crippen LogP contribution in [0, 0.1) is 0 Å². The van der Waals surface area contributed by atoms with Crippen molar-refractivity contribution in [1.82, 2.24) is 9.97 Å². The van der Waals surface area contributed by atoms with Crippen LogP contribution in [0.2, 0.25) is 5.15 Å². The zero-order valence-electron chi connectivity index (χ0n) is 10.1. The molecule has 18 heavy (non-hydrogen) atoms. The molecule has 0 saturated heterocycles. The molecule has 0 fully saturated rings. The van der Waals surface area contributed by atoms with Crippen molar-refractivity contribution in [2.45, 2.75) is 31.3 Å². The number of thiophene rings is 1. The van der Waals surface area contributed by atoms with E-state index in [2.05, 4.69) is 16.5 Å². The highest BCUT2D eigenvalue weighted by molar-refractivity contribution is 7.99. The van der Waals surface area contributed by atoms with Gasteiger partial charge in [0.2, 0.25) is 0 Å². The Labute approximate surface area is 119 Å². The molecule has 0 atom stereocenters. The first-order valence-electron chi connectivity index (χ1n) is 5.90. The number of hydrogen-bond acceptors (Lipinski definition) is 4.